The van der Waals surface area contributed by atoms with Crippen LogP contribution < -0.4 is 0 Å². The molecule has 2 rings (SSSR count). The minimum absolute atomic E-state index is 0.286. The molecule has 0 aromatic rings. The van der Waals surface area contributed by atoms with E-state index >= 15 is 0 Å². The smallest absolute Gasteiger partial charge is 0.169 e. The standard InChI is InChI=1S/C12H22N2O2/c1-4-10-9-12(15-7-8-16-12)6-5-11(10)13-14(2)3/h10H,4-9H2,1-3H3. The molecule has 0 N–H and O–H groups in total. The summed E-state index contributed by atoms with van der Waals surface area (Å²) < 4.78 is 11.6. The van der Waals surface area contributed by atoms with Gasteiger partial charge < -0.3 is 14.5 Å². The third-order valence-corrected chi connectivity index (χ3v) is 3.43. The van der Waals surface area contributed by atoms with Gasteiger partial charge in [-0.2, -0.15) is 5.10 Å². The van der Waals surface area contributed by atoms with E-state index in [2.05, 4.69) is 12.0 Å². The van der Waals surface area contributed by atoms with Crippen LogP contribution in [0, 0.1) is 5.92 Å². The van der Waals surface area contributed by atoms with Crippen molar-refractivity contribution in [3.8, 4) is 0 Å². The summed E-state index contributed by atoms with van der Waals surface area (Å²) in [6.07, 6.45) is 4.03. The Morgan fingerprint density at radius 3 is 2.62 bits per heavy atom. The quantitative estimate of drug-likeness (QED) is 0.674. The predicted octanol–water partition coefficient (Wildman–Crippen LogP) is 1.86. The summed E-state index contributed by atoms with van der Waals surface area (Å²) in [7, 11) is 3.96. The molecule has 1 saturated carbocycles. The Bertz CT molecular complexity index is 270. The van der Waals surface area contributed by atoms with E-state index in [-0.39, 0.29) is 5.79 Å². The lowest BCUT2D eigenvalue weighted by atomic mass is 9.81. The molecule has 4 heteroatoms. The molecule has 4 nitrogen and oxygen atoms in total. The molecule has 0 amide bonds. The zero-order chi connectivity index (χ0) is 11.6. The minimum atomic E-state index is -0.286. The van der Waals surface area contributed by atoms with E-state index in [1.807, 2.05) is 19.1 Å². The van der Waals surface area contributed by atoms with Crippen molar-refractivity contribution in [3.63, 3.8) is 0 Å². The van der Waals surface area contributed by atoms with Crippen LogP contribution in [0.3, 0.4) is 0 Å². The van der Waals surface area contributed by atoms with E-state index in [4.69, 9.17) is 9.47 Å². The highest BCUT2D eigenvalue weighted by molar-refractivity contribution is 5.87. The summed E-state index contributed by atoms with van der Waals surface area (Å²) in [5.41, 5.74) is 1.30. The highest BCUT2D eigenvalue weighted by atomic mass is 16.7. The molecule has 1 saturated heterocycles. The van der Waals surface area contributed by atoms with Crippen molar-refractivity contribution >= 4 is 5.71 Å². The lowest BCUT2D eigenvalue weighted by Crippen LogP contribution is -2.40. The molecule has 1 spiro atoms. The van der Waals surface area contributed by atoms with Crippen molar-refractivity contribution in [2.45, 2.75) is 38.4 Å². The Morgan fingerprint density at radius 1 is 1.38 bits per heavy atom. The molecule has 92 valence electrons. The first-order chi connectivity index (χ1) is 7.65. The van der Waals surface area contributed by atoms with Crippen LogP contribution in [0.1, 0.15) is 32.6 Å². The molecule has 16 heavy (non-hydrogen) atoms. The summed E-state index contributed by atoms with van der Waals surface area (Å²) in [6, 6.07) is 0. The van der Waals surface area contributed by atoms with Crippen LogP contribution in [0.2, 0.25) is 0 Å². The van der Waals surface area contributed by atoms with Crippen LogP contribution in [-0.4, -0.2) is 43.8 Å². The molecule has 1 unspecified atom stereocenters. The van der Waals surface area contributed by atoms with Crippen LogP contribution in [0.25, 0.3) is 0 Å². The van der Waals surface area contributed by atoms with E-state index in [1.54, 1.807) is 0 Å². The van der Waals surface area contributed by atoms with Gasteiger partial charge in [0.1, 0.15) is 0 Å². The van der Waals surface area contributed by atoms with Gasteiger partial charge in [0, 0.05) is 38.6 Å². The molecule has 0 bridgehead atoms. The van der Waals surface area contributed by atoms with Gasteiger partial charge in [0.25, 0.3) is 0 Å². The van der Waals surface area contributed by atoms with Crippen LogP contribution in [0.4, 0.5) is 0 Å². The number of rotatable bonds is 2. The zero-order valence-corrected chi connectivity index (χ0v) is 10.5. The van der Waals surface area contributed by atoms with Crippen molar-refractivity contribution in [3.05, 3.63) is 0 Å². The molecular weight excluding hydrogens is 204 g/mol. The predicted molar refractivity (Wildman–Crippen MR) is 63.4 cm³/mol. The first kappa shape index (κ1) is 11.9. The fourth-order valence-electron chi connectivity index (χ4n) is 2.65. The lowest BCUT2D eigenvalue weighted by molar-refractivity contribution is -0.174. The SMILES string of the molecule is CCC1CC2(CCC1=NN(C)C)OCCO2. The normalized spacial score (nSPS) is 31.2. The Morgan fingerprint density at radius 2 is 2.06 bits per heavy atom. The van der Waals surface area contributed by atoms with Gasteiger partial charge in [-0.3, -0.25) is 0 Å². The fraction of sp³-hybridized carbons (Fsp3) is 0.917. The van der Waals surface area contributed by atoms with Gasteiger partial charge in [0.05, 0.1) is 13.2 Å². The van der Waals surface area contributed by atoms with Crippen LogP contribution in [0.15, 0.2) is 5.10 Å². The topological polar surface area (TPSA) is 34.1 Å². The Kier molecular flexibility index (Phi) is 3.50. The zero-order valence-electron chi connectivity index (χ0n) is 10.5. The maximum Gasteiger partial charge on any atom is 0.169 e. The monoisotopic (exact) mass is 226 g/mol. The van der Waals surface area contributed by atoms with E-state index in [1.165, 1.54) is 5.71 Å². The summed E-state index contributed by atoms with van der Waals surface area (Å²) >= 11 is 0. The molecule has 0 aromatic heterocycles. The highest BCUT2D eigenvalue weighted by Crippen LogP contribution is 2.38. The van der Waals surface area contributed by atoms with Crippen molar-refractivity contribution in [2.24, 2.45) is 11.0 Å². The van der Waals surface area contributed by atoms with Gasteiger partial charge in [0.2, 0.25) is 0 Å². The number of hydrazone groups is 1. The molecule has 1 aliphatic carbocycles. The van der Waals surface area contributed by atoms with Crippen LogP contribution in [0.5, 0.6) is 0 Å². The average Bonchev–Trinajstić information content (AvgIpc) is 2.69. The van der Waals surface area contributed by atoms with Crippen molar-refractivity contribution < 1.29 is 9.47 Å². The molecule has 0 radical (unpaired) electrons. The summed E-state index contributed by atoms with van der Waals surface area (Å²) in [5.74, 6) is 0.223. The number of hydrogen-bond acceptors (Lipinski definition) is 4. The molecule has 2 aliphatic rings. The average molecular weight is 226 g/mol. The summed E-state index contributed by atoms with van der Waals surface area (Å²) in [6.45, 7) is 3.71. The summed E-state index contributed by atoms with van der Waals surface area (Å²) in [5, 5.41) is 6.48. The first-order valence-corrected chi connectivity index (χ1v) is 6.18. The third-order valence-electron chi connectivity index (χ3n) is 3.43. The second kappa shape index (κ2) is 4.72. The first-order valence-electron chi connectivity index (χ1n) is 6.18. The molecular formula is C12H22N2O2. The third kappa shape index (κ3) is 2.38. The molecule has 2 fully saturated rings. The van der Waals surface area contributed by atoms with Gasteiger partial charge in [-0.05, 0) is 12.8 Å². The van der Waals surface area contributed by atoms with E-state index < -0.39 is 0 Å². The lowest BCUT2D eigenvalue weighted by Gasteiger charge is -2.37. The second-order valence-corrected chi connectivity index (χ2v) is 4.86. The van der Waals surface area contributed by atoms with Crippen molar-refractivity contribution in [2.75, 3.05) is 27.3 Å². The van der Waals surface area contributed by atoms with Gasteiger partial charge in [-0.15, -0.1) is 0 Å². The van der Waals surface area contributed by atoms with E-state index in [0.29, 0.717) is 5.92 Å². The van der Waals surface area contributed by atoms with Gasteiger partial charge in [-0.1, -0.05) is 6.92 Å². The van der Waals surface area contributed by atoms with E-state index in [9.17, 15) is 0 Å². The summed E-state index contributed by atoms with van der Waals surface area (Å²) in [4.78, 5) is 0. The Labute approximate surface area is 97.6 Å². The molecule has 1 aliphatic heterocycles. The Balaban J connectivity index is 2.07. The van der Waals surface area contributed by atoms with E-state index in [0.717, 1.165) is 38.9 Å². The molecule has 1 atom stereocenters. The number of ether oxygens (including phenoxy) is 2. The Hall–Kier alpha value is -0.610. The minimum Gasteiger partial charge on any atom is -0.347 e. The largest absolute Gasteiger partial charge is 0.347 e. The van der Waals surface area contributed by atoms with Gasteiger partial charge in [0.15, 0.2) is 5.79 Å². The van der Waals surface area contributed by atoms with Gasteiger partial charge in [-0.25, -0.2) is 0 Å². The van der Waals surface area contributed by atoms with Crippen molar-refractivity contribution in [1.82, 2.24) is 5.01 Å². The maximum atomic E-state index is 5.78. The second-order valence-electron chi connectivity index (χ2n) is 4.86. The number of nitrogens with zero attached hydrogens (tertiary/aromatic N) is 2. The molecule has 1 heterocycles. The van der Waals surface area contributed by atoms with Crippen molar-refractivity contribution in [1.29, 1.82) is 0 Å². The van der Waals surface area contributed by atoms with Crippen LogP contribution >= 0.6 is 0 Å². The van der Waals surface area contributed by atoms with Crippen LogP contribution in [-0.2, 0) is 9.47 Å². The number of hydrogen-bond donors (Lipinski definition) is 0. The van der Waals surface area contributed by atoms with Gasteiger partial charge >= 0.3 is 0 Å². The fourth-order valence-corrected chi connectivity index (χ4v) is 2.65. The molecule has 0 aromatic carbocycles. The maximum absolute atomic E-state index is 5.78. The highest BCUT2D eigenvalue weighted by Gasteiger charge is 2.43.